The van der Waals surface area contributed by atoms with E-state index in [-0.39, 0.29) is 50.6 Å². The molecule has 0 aliphatic carbocycles. The van der Waals surface area contributed by atoms with Gasteiger partial charge < -0.3 is 33.6 Å². The van der Waals surface area contributed by atoms with Crippen LogP contribution in [0.3, 0.4) is 0 Å². The number of hydrogen-bond acceptors (Lipinski definition) is 11. The summed E-state index contributed by atoms with van der Waals surface area (Å²) >= 11 is 0. The monoisotopic (exact) mass is 585 g/mol. The molecule has 0 aliphatic heterocycles. The Kier molecular flexibility index (Phi) is 9.90. The van der Waals surface area contributed by atoms with Gasteiger partial charge >= 0.3 is 13.6 Å². The fourth-order valence-electron chi connectivity index (χ4n) is 3.76. The van der Waals surface area contributed by atoms with Gasteiger partial charge in [-0.3, -0.25) is 19.1 Å². The van der Waals surface area contributed by atoms with Crippen molar-refractivity contribution in [2.45, 2.75) is 33.4 Å². The van der Waals surface area contributed by atoms with Crippen LogP contribution >= 0.6 is 7.60 Å². The van der Waals surface area contributed by atoms with E-state index < -0.39 is 19.1 Å². The maximum atomic E-state index is 13.5. The molecule has 0 spiro atoms. The standard InChI is InChI=1S/C27H32N5O8P/c1-18-4-7-20(8-5-18)15-39-41(35,38-12-10-23(33)40-21-9-6-19(2)22(14-21)36-3)17-37-13-11-32-16-29-24-25(32)30-27(28)31-26(24)34/h4-9,14,16H,10-13,15,17H2,1-3H3,(H3,28,30,31,34). The Morgan fingerprint density at radius 2 is 1.88 bits per heavy atom. The molecule has 4 aromatic rings. The van der Waals surface area contributed by atoms with Crippen molar-refractivity contribution in [3.05, 3.63) is 75.8 Å². The molecule has 0 saturated carbocycles. The van der Waals surface area contributed by atoms with E-state index in [1.165, 1.54) is 13.4 Å². The quantitative estimate of drug-likeness (QED) is 0.0957. The van der Waals surface area contributed by atoms with E-state index >= 15 is 0 Å². The molecule has 41 heavy (non-hydrogen) atoms. The summed E-state index contributed by atoms with van der Waals surface area (Å²) in [4.78, 5) is 34.9. The average molecular weight is 586 g/mol. The number of esters is 1. The van der Waals surface area contributed by atoms with Crippen LogP contribution in [0.1, 0.15) is 23.1 Å². The van der Waals surface area contributed by atoms with E-state index in [0.717, 1.165) is 16.7 Å². The number of imidazole rings is 1. The van der Waals surface area contributed by atoms with Gasteiger partial charge in [0.1, 0.15) is 17.8 Å². The summed E-state index contributed by atoms with van der Waals surface area (Å²) in [6.07, 6.45) is 0.900. The van der Waals surface area contributed by atoms with Crippen LogP contribution in [0.15, 0.2) is 53.6 Å². The van der Waals surface area contributed by atoms with E-state index in [1.54, 1.807) is 22.8 Å². The number of H-pyrrole nitrogens is 1. The first kappa shape index (κ1) is 29.9. The van der Waals surface area contributed by atoms with Crippen molar-refractivity contribution in [2.75, 3.05) is 32.4 Å². The molecule has 0 fully saturated rings. The van der Waals surface area contributed by atoms with Gasteiger partial charge in [0.15, 0.2) is 11.2 Å². The van der Waals surface area contributed by atoms with Crippen molar-refractivity contribution < 1.29 is 32.6 Å². The lowest BCUT2D eigenvalue weighted by atomic mass is 10.2. The number of methoxy groups -OCH3 is 1. The summed E-state index contributed by atoms with van der Waals surface area (Å²) < 4.78 is 42.6. The second-order valence-electron chi connectivity index (χ2n) is 9.16. The third-order valence-electron chi connectivity index (χ3n) is 5.97. The SMILES string of the molecule is COc1cc(OC(=O)CCOP(=O)(COCCn2cnc3c(=O)[nH]c(N)nc32)OCc2ccc(C)cc2)ccc1C. The highest BCUT2D eigenvalue weighted by Gasteiger charge is 2.26. The third kappa shape index (κ3) is 8.24. The summed E-state index contributed by atoms with van der Waals surface area (Å²) in [5.41, 5.74) is 8.40. The first-order valence-corrected chi connectivity index (χ1v) is 14.5. The topological polar surface area (TPSA) is 170 Å². The number of rotatable bonds is 14. The number of aromatic nitrogens is 4. The highest BCUT2D eigenvalue weighted by molar-refractivity contribution is 7.53. The Bertz CT molecular complexity index is 1600. The number of nitrogen functional groups attached to an aromatic ring is 1. The molecular formula is C27H32N5O8P. The Labute approximate surface area is 236 Å². The molecule has 1 unspecified atom stereocenters. The maximum Gasteiger partial charge on any atom is 0.356 e. The summed E-state index contributed by atoms with van der Waals surface area (Å²) in [7, 11) is -2.26. The lowest BCUT2D eigenvalue weighted by Crippen LogP contribution is -2.14. The zero-order valence-corrected chi connectivity index (χ0v) is 23.9. The van der Waals surface area contributed by atoms with Crippen molar-refractivity contribution in [2.24, 2.45) is 0 Å². The van der Waals surface area contributed by atoms with Crippen molar-refractivity contribution in [1.29, 1.82) is 0 Å². The van der Waals surface area contributed by atoms with E-state index in [9.17, 15) is 14.2 Å². The number of carbonyl (C=O) groups is 1. The van der Waals surface area contributed by atoms with E-state index in [2.05, 4.69) is 15.0 Å². The minimum absolute atomic E-state index is 0.0205. The maximum absolute atomic E-state index is 13.5. The molecule has 2 aromatic heterocycles. The van der Waals surface area contributed by atoms with Gasteiger partial charge in [-0.15, -0.1) is 0 Å². The Morgan fingerprint density at radius 1 is 1.10 bits per heavy atom. The summed E-state index contributed by atoms with van der Waals surface area (Å²) in [6.45, 7) is 3.97. The highest BCUT2D eigenvalue weighted by Crippen LogP contribution is 2.49. The van der Waals surface area contributed by atoms with Crippen LogP contribution in [-0.2, 0) is 36.3 Å². The molecule has 14 heteroatoms. The number of aryl methyl sites for hydroxylation is 2. The molecular weight excluding hydrogens is 553 g/mol. The van der Waals surface area contributed by atoms with Gasteiger partial charge in [-0.05, 0) is 31.0 Å². The number of nitrogens with two attached hydrogens (primary N) is 1. The third-order valence-corrected chi connectivity index (χ3v) is 7.57. The largest absolute Gasteiger partial charge is 0.496 e. The van der Waals surface area contributed by atoms with Gasteiger partial charge in [-0.25, -0.2) is 4.98 Å². The number of nitrogens with zero attached hydrogens (tertiary/aromatic N) is 3. The zero-order valence-electron chi connectivity index (χ0n) is 23.0. The molecule has 2 aromatic carbocycles. The molecule has 1 atom stereocenters. The molecule has 0 aliphatic rings. The highest BCUT2D eigenvalue weighted by atomic mass is 31.2. The first-order valence-electron chi connectivity index (χ1n) is 12.7. The molecule has 2 heterocycles. The zero-order chi connectivity index (χ0) is 29.4. The van der Waals surface area contributed by atoms with Crippen LogP contribution in [0.25, 0.3) is 11.2 Å². The molecule has 4 rings (SSSR count). The lowest BCUT2D eigenvalue weighted by molar-refractivity contribution is -0.134. The van der Waals surface area contributed by atoms with Crippen LogP contribution in [0.2, 0.25) is 0 Å². The molecule has 13 nitrogen and oxygen atoms in total. The van der Waals surface area contributed by atoms with Gasteiger partial charge in [0, 0.05) is 12.6 Å². The number of hydrogen-bond donors (Lipinski definition) is 2. The minimum Gasteiger partial charge on any atom is -0.496 e. The van der Waals surface area contributed by atoms with Crippen molar-refractivity contribution >= 4 is 30.7 Å². The number of benzene rings is 2. The van der Waals surface area contributed by atoms with E-state index in [0.29, 0.717) is 17.1 Å². The smallest absolute Gasteiger partial charge is 0.356 e. The number of carbonyl (C=O) groups excluding carboxylic acids is 1. The predicted molar refractivity (Wildman–Crippen MR) is 151 cm³/mol. The molecule has 0 radical (unpaired) electrons. The molecule has 0 amide bonds. The molecule has 0 saturated heterocycles. The van der Waals surface area contributed by atoms with Gasteiger partial charge in [-0.1, -0.05) is 35.9 Å². The predicted octanol–water partition coefficient (Wildman–Crippen LogP) is 3.72. The number of fused-ring (bicyclic) bond motifs is 1. The van der Waals surface area contributed by atoms with Gasteiger partial charge in [0.2, 0.25) is 5.95 Å². The van der Waals surface area contributed by atoms with Gasteiger partial charge in [-0.2, -0.15) is 4.98 Å². The average Bonchev–Trinajstić information content (AvgIpc) is 3.35. The van der Waals surface area contributed by atoms with Crippen molar-refractivity contribution in [1.82, 2.24) is 19.5 Å². The first-order chi connectivity index (χ1) is 19.7. The van der Waals surface area contributed by atoms with Gasteiger partial charge in [0.05, 0.1) is 39.7 Å². The number of nitrogens with one attached hydrogen (secondary N) is 1. The Balaban J connectivity index is 1.34. The van der Waals surface area contributed by atoms with Crippen LogP contribution in [0, 0.1) is 13.8 Å². The second-order valence-corrected chi connectivity index (χ2v) is 11.2. The van der Waals surface area contributed by atoms with Crippen LogP contribution in [0.4, 0.5) is 5.95 Å². The Hall–Kier alpha value is -4.03. The number of anilines is 1. The van der Waals surface area contributed by atoms with Crippen molar-refractivity contribution in [3.8, 4) is 11.5 Å². The molecule has 0 bridgehead atoms. The summed E-state index contributed by atoms with van der Waals surface area (Å²) in [5.74, 6) is 0.306. The normalized spacial score (nSPS) is 12.8. The minimum atomic E-state index is -3.79. The van der Waals surface area contributed by atoms with E-state index in [1.807, 2.05) is 38.1 Å². The second kappa shape index (κ2) is 13.6. The van der Waals surface area contributed by atoms with Crippen LogP contribution < -0.4 is 20.8 Å². The number of ether oxygens (including phenoxy) is 3. The fraction of sp³-hybridized carbons (Fsp3) is 0.333. The van der Waals surface area contributed by atoms with Crippen LogP contribution in [-0.4, -0.2) is 52.2 Å². The van der Waals surface area contributed by atoms with E-state index in [4.69, 9.17) is 29.0 Å². The lowest BCUT2D eigenvalue weighted by Gasteiger charge is -2.19. The molecule has 3 N–H and O–H groups in total. The fourth-order valence-corrected chi connectivity index (χ4v) is 5.05. The summed E-state index contributed by atoms with van der Waals surface area (Å²) in [5, 5.41) is 0. The molecule has 218 valence electrons. The van der Waals surface area contributed by atoms with Gasteiger partial charge in [0.25, 0.3) is 5.56 Å². The van der Waals surface area contributed by atoms with Crippen LogP contribution in [0.5, 0.6) is 11.5 Å². The van der Waals surface area contributed by atoms with Crippen molar-refractivity contribution in [3.63, 3.8) is 0 Å². The number of aromatic amines is 1. The Morgan fingerprint density at radius 3 is 2.63 bits per heavy atom. The summed E-state index contributed by atoms with van der Waals surface area (Å²) in [6, 6.07) is 12.6.